The van der Waals surface area contributed by atoms with Gasteiger partial charge in [0.05, 0.1) is 5.69 Å². The van der Waals surface area contributed by atoms with Gasteiger partial charge in [-0.25, -0.2) is 4.98 Å². The van der Waals surface area contributed by atoms with Crippen molar-refractivity contribution in [3.05, 3.63) is 27.1 Å². The molecule has 3 aromatic rings. The van der Waals surface area contributed by atoms with Gasteiger partial charge in [0, 0.05) is 24.2 Å². The van der Waals surface area contributed by atoms with E-state index in [1.54, 1.807) is 0 Å². The zero-order chi connectivity index (χ0) is 18.1. The minimum Gasteiger partial charge on any atom is -0.301 e. The lowest BCUT2D eigenvalue weighted by molar-refractivity contribution is -0.116. The number of nitrogens with zero attached hydrogens (tertiary/aromatic N) is 5. The van der Waals surface area contributed by atoms with Crippen molar-refractivity contribution in [1.82, 2.24) is 24.8 Å². The SMILES string of the molecule is CCCC(=O)Nc1nnc(SCc2cc(=O)n3nc(C4CC4)sc3n2)s1. The fourth-order valence-electron chi connectivity index (χ4n) is 2.30. The minimum absolute atomic E-state index is 0.0583. The van der Waals surface area contributed by atoms with E-state index in [0.717, 1.165) is 28.6 Å². The van der Waals surface area contributed by atoms with Gasteiger partial charge >= 0.3 is 0 Å². The van der Waals surface area contributed by atoms with Crippen molar-refractivity contribution < 1.29 is 4.79 Å². The molecule has 0 aromatic carbocycles. The third-order valence-electron chi connectivity index (χ3n) is 3.71. The van der Waals surface area contributed by atoms with Gasteiger partial charge in [-0.2, -0.15) is 9.61 Å². The number of rotatable bonds is 7. The minimum atomic E-state index is -0.154. The van der Waals surface area contributed by atoms with E-state index in [1.165, 1.54) is 45.0 Å². The highest BCUT2D eigenvalue weighted by Gasteiger charge is 2.28. The Hall–Kier alpha value is -1.85. The monoisotopic (exact) mass is 408 g/mol. The van der Waals surface area contributed by atoms with Crippen molar-refractivity contribution in [3.63, 3.8) is 0 Å². The molecule has 0 saturated heterocycles. The van der Waals surface area contributed by atoms with E-state index in [-0.39, 0.29) is 11.5 Å². The molecule has 1 aliphatic carbocycles. The van der Waals surface area contributed by atoms with Crippen LogP contribution in [-0.2, 0) is 10.5 Å². The van der Waals surface area contributed by atoms with Crippen LogP contribution in [0.2, 0.25) is 0 Å². The van der Waals surface area contributed by atoms with Crippen LogP contribution in [0.5, 0.6) is 0 Å². The summed E-state index contributed by atoms with van der Waals surface area (Å²) in [5.74, 6) is 0.957. The molecule has 8 nitrogen and oxygen atoms in total. The molecule has 1 aliphatic rings. The van der Waals surface area contributed by atoms with Crippen LogP contribution in [0.15, 0.2) is 15.2 Å². The zero-order valence-corrected chi connectivity index (χ0v) is 16.4. The van der Waals surface area contributed by atoms with Crippen molar-refractivity contribution >= 4 is 50.4 Å². The summed E-state index contributed by atoms with van der Waals surface area (Å²) in [6.45, 7) is 1.95. The summed E-state index contributed by atoms with van der Waals surface area (Å²) in [5.41, 5.74) is 0.538. The number of fused-ring (bicyclic) bond motifs is 1. The standard InChI is InChI=1S/C15H16N6O2S3/c1-2-3-10(22)17-13-18-19-15(26-13)24-7-9-6-11(23)21-14(16-9)25-12(20-21)8-4-5-8/h6,8H,2-5,7H2,1H3,(H,17,18,22). The second-order valence-corrected chi connectivity index (χ2v) is 9.14. The van der Waals surface area contributed by atoms with Crippen molar-refractivity contribution in [1.29, 1.82) is 0 Å². The molecule has 11 heteroatoms. The molecule has 26 heavy (non-hydrogen) atoms. The maximum absolute atomic E-state index is 12.2. The van der Waals surface area contributed by atoms with Crippen molar-refractivity contribution in [2.75, 3.05) is 5.32 Å². The summed E-state index contributed by atoms with van der Waals surface area (Å²) in [5, 5.41) is 16.6. The van der Waals surface area contributed by atoms with E-state index in [2.05, 4.69) is 25.6 Å². The van der Waals surface area contributed by atoms with Crippen molar-refractivity contribution in [2.24, 2.45) is 0 Å². The van der Waals surface area contributed by atoms with E-state index >= 15 is 0 Å². The van der Waals surface area contributed by atoms with E-state index < -0.39 is 0 Å². The third-order valence-corrected chi connectivity index (χ3v) is 6.79. The topological polar surface area (TPSA) is 102 Å². The van der Waals surface area contributed by atoms with E-state index in [4.69, 9.17) is 0 Å². The van der Waals surface area contributed by atoms with Crippen molar-refractivity contribution in [2.45, 2.75) is 48.6 Å². The number of aromatic nitrogens is 5. The Bertz CT molecular complexity index is 1010. The summed E-state index contributed by atoms with van der Waals surface area (Å²) < 4.78 is 2.11. The predicted molar refractivity (Wildman–Crippen MR) is 102 cm³/mol. The smallest absolute Gasteiger partial charge is 0.275 e. The Morgan fingerprint density at radius 2 is 2.23 bits per heavy atom. The first-order valence-corrected chi connectivity index (χ1v) is 10.9. The Balaban J connectivity index is 1.43. The molecule has 3 heterocycles. The van der Waals surface area contributed by atoms with E-state index in [9.17, 15) is 9.59 Å². The Morgan fingerprint density at radius 3 is 3.00 bits per heavy atom. The summed E-state index contributed by atoms with van der Waals surface area (Å²) in [4.78, 5) is 29.0. The second-order valence-electron chi connectivity index (χ2n) is 5.95. The van der Waals surface area contributed by atoms with E-state index in [0.29, 0.717) is 33.9 Å². The maximum atomic E-state index is 12.2. The summed E-state index contributed by atoms with van der Waals surface area (Å²) in [6.07, 6.45) is 3.54. The van der Waals surface area contributed by atoms with Crippen LogP contribution in [0.25, 0.3) is 4.96 Å². The highest BCUT2D eigenvalue weighted by atomic mass is 32.2. The second kappa shape index (κ2) is 7.41. The van der Waals surface area contributed by atoms with Crippen molar-refractivity contribution in [3.8, 4) is 0 Å². The van der Waals surface area contributed by atoms with Gasteiger partial charge in [-0.3, -0.25) is 9.59 Å². The molecule has 3 aromatic heterocycles. The number of nitrogens with one attached hydrogen (secondary N) is 1. The Kier molecular flexibility index (Phi) is 5.00. The highest BCUT2D eigenvalue weighted by Crippen LogP contribution is 2.41. The number of hydrogen-bond donors (Lipinski definition) is 1. The molecule has 0 atom stereocenters. The number of amides is 1. The fourth-order valence-corrected chi connectivity index (χ4v) is 5.06. The lowest BCUT2D eigenvalue weighted by atomic mass is 10.3. The number of thioether (sulfide) groups is 1. The predicted octanol–water partition coefficient (Wildman–Crippen LogP) is 2.91. The lowest BCUT2D eigenvalue weighted by Gasteiger charge is -1.98. The summed E-state index contributed by atoms with van der Waals surface area (Å²) in [7, 11) is 0. The van der Waals surface area contributed by atoms with Gasteiger partial charge in [0.2, 0.25) is 16.0 Å². The summed E-state index contributed by atoms with van der Waals surface area (Å²) in [6, 6.07) is 1.52. The van der Waals surface area contributed by atoms with Crippen LogP contribution in [0.1, 0.15) is 49.2 Å². The zero-order valence-electron chi connectivity index (χ0n) is 14.0. The van der Waals surface area contributed by atoms with Crippen LogP contribution >= 0.6 is 34.4 Å². The largest absolute Gasteiger partial charge is 0.301 e. The molecule has 0 aliphatic heterocycles. The van der Waals surface area contributed by atoms with Crippen LogP contribution in [0, 0.1) is 0 Å². The molecule has 0 radical (unpaired) electrons. The van der Waals surface area contributed by atoms with Gasteiger partial charge < -0.3 is 5.32 Å². The summed E-state index contributed by atoms with van der Waals surface area (Å²) >= 11 is 4.26. The molecule has 136 valence electrons. The van der Waals surface area contributed by atoms with Gasteiger partial charge in [-0.1, -0.05) is 41.4 Å². The van der Waals surface area contributed by atoms with Gasteiger partial charge in [0.1, 0.15) is 5.01 Å². The average Bonchev–Trinajstić information content (AvgIpc) is 3.21. The van der Waals surface area contributed by atoms with Crippen LogP contribution < -0.4 is 10.9 Å². The van der Waals surface area contributed by atoms with Crippen LogP contribution in [-0.4, -0.2) is 30.7 Å². The van der Waals surface area contributed by atoms with Gasteiger partial charge in [0.15, 0.2) is 4.34 Å². The molecular weight excluding hydrogens is 392 g/mol. The Morgan fingerprint density at radius 1 is 1.38 bits per heavy atom. The van der Waals surface area contributed by atoms with Gasteiger partial charge in [-0.05, 0) is 19.3 Å². The first-order chi connectivity index (χ1) is 12.6. The van der Waals surface area contributed by atoms with Gasteiger partial charge in [0.25, 0.3) is 5.56 Å². The number of carbonyl (C=O) groups is 1. The van der Waals surface area contributed by atoms with Crippen LogP contribution in [0.4, 0.5) is 5.13 Å². The quantitative estimate of drug-likeness (QED) is 0.474. The number of anilines is 1. The molecule has 0 bridgehead atoms. The average molecular weight is 409 g/mol. The molecule has 0 unspecified atom stereocenters. The Labute approximate surface area is 161 Å². The van der Waals surface area contributed by atoms with E-state index in [1.807, 2.05) is 6.92 Å². The van der Waals surface area contributed by atoms with Crippen LogP contribution in [0.3, 0.4) is 0 Å². The normalized spacial score (nSPS) is 14.0. The first kappa shape index (κ1) is 17.6. The van der Waals surface area contributed by atoms with Gasteiger partial charge in [-0.15, -0.1) is 10.2 Å². The fraction of sp³-hybridized carbons (Fsp3) is 0.467. The number of carbonyl (C=O) groups excluding carboxylic acids is 1. The molecule has 0 spiro atoms. The molecule has 1 fully saturated rings. The number of hydrogen-bond acceptors (Lipinski definition) is 9. The molecule has 1 N–H and O–H groups in total. The molecule has 1 amide bonds. The third kappa shape index (κ3) is 3.94. The maximum Gasteiger partial charge on any atom is 0.275 e. The lowest BCUT2D eigenvalue weighted by Crippen LogP contribution is -2.15. The highest BCUT2D eigenvalue weighted by molar-refractivity contribution is 8.00. The molecule has 4 rings (SSSR count). The first-order valence-electron chi connectivity index (χ1n) is 8.28. The molecule has 1 saturated carbocycles. The molecular formula is C15H16N6O2S3.